The van der Waals surface area contributed by atoms with Gasteiger partial charge in [0.15, 0.2) is 0 Å². The van der Waals surface area contributed by atoms with Crippen LogP contribution in [0.4, 0.5) is 5.69 Å². The molecule has 1 aromatic heterocycles. The predicted octanol–water partition coefficient (Wildman–Crippen LogP) is 4.54. The van der Waals surface area contributed by atoms with E-state index in [2.05, 4.69) is 15.6 Å². The number of aliphatic carboxylic acids is 1. The molecule has 0 spiro atoms. The molecule has 2 fully saturated rings. The molecule has 2 aromatic carbocycles. The summed E-state index contributed by atoms with van der Waals surface area (Å²) in [4.78, 5) is 46.5. The third-order valence-corrected chi connectivity index (χ3v) is 8.60. The Labute approximate surface area is 245 Å². The quantitative estimate of drug-likeness (QED) is 0.387. The van der Waals surface area contributed by atoms with Crippen molar-refractivity contribution in [3.05, 3.63) is 78.9 Å². The zero-order valence-corrected chi connectivity index (χ0v) is 23.4. The normalized spacial score (nSPS) is 28.1. The Kier molecular flexibility index (Phi) is 7.82. The summed E-state index contributed by atoms with van der Waals surface area (Å²) >= 11 is 0. The van der Waals surface area contributed by atoms with Gasteiger partial charge < -0.3 is 25.4 Å². The molecule has 3 aromatic rings. The molecule has 3 aliphatic rings. The molecule has 42 heavy (non-hydrogen) atoms. The fourth-order valence-corrected chi connectivity index (χ4v) is 6.17. The van der Waals surface area contributed by atoms with Gasteiger partial charge in [0.25, 0.3) is 0 Å². The van der Waals surface area contributed by atoms with Crippen LogP contribution in [-0.4, -0.2) is 63.0 Å². The van der Waals surface area contributed by atoms with Crippen molar-refractivity contribution in [2.45, 2.75) is 68.7 Å². The Morgan fingerprint density at radius 1 is 1.02 bits per heavy atom. The molecular weight excluding hydrogens is 532 g/mol. The van der Waals surface area contributed by atoms with E-state index >= 15 is 0 Å². The van der Waals surface area contributed by atoms with Gasteiger partial charge in [-0.15, -0.1) is 0 Å². The standard InChI is InChI=1S/C33H36N4O5/c38-30-28-19-25(42-29-18-17-22-11-9-10-15-26(22)35-29)21-37(28)31(39)27(34-24-13-6-4-7-14-24)16-8-3-1-2-5-12-23-20-33(23,36-30)32(40)41/h4-7,9-15,17-18,23,25,27-28,34H,1-3,8,16,19-21H2,(H,36,38)(H,40,41)/t23-,25-,27+,28+,33-/m1/s1. The van der Waals surface area contributed by atoms with Crippen LogP contribution in [0.25, 0.3) is 10.9 Å². The van der Waals surface area contributed by atoms with Gasteiger partial charge >= 0.3 is 5.97 Å². The average molecular weight is 569 g/mol. The summed E-state index contributed by atoms with van der Waals surface area (Å²) in [6, 6.07) is 19.6. The van der Waals surface area contributed by atoms with Crippen molar-refractivity contribution in [3.8, 4) is 5.88 Å². The first-order valence-electron chi connectivity index (χ1n) is 14.8. The van der Waals surface area contributed by atoms with Crippen molar-refractivity contribution >= 4 is 34.4 Å². The Morgan fingerprint density at radius 3 is 2.67 bits per heavy atom. The number of para-hydroxylation sites is 2. The number of ether oxygens (including phenoxy) is 1. The minimum Gasteiger partial charge on any atom is -0.479 e. The van der Waals surface area contributed by atoms with Crippen molar-refractivity contribution in [3.63, 3.8) is 0 Å². The molecule has 0 radical (unpaired) electrons. The van der Waals surface area contributed by atoms with E-state index in [1.165, 1.54) is 0 Å². The number of carboxylic acids is 1. The number of carbonyl (C=O) groups is 3. The van der Waals surface area contributed by atoms with Gasteiger partial charge in [0.1, 0.15) is 23.7 Å². The molecule has 218 valence electrons. The second-order valence-corrected chi connectivity index (χ2v) is 11.5. The summed E-state index contributed by atoms with van der Waals surface area (Å²) in [6.07, 6.45) is 8.22. The minimum atomic E-state index is -1.34. The Morgan fingerprint density at radius 2 is 1.83 bits per heavy atom. The number of nitrogens with zero attached hydrogens (tertiary/aromatic N) is 2. The lowest BCUT2D eigenvalue weighted by Gasteiger charge is -2.30. The summed E-state index contributed by atoms with van der Waals surface area (Å²) in [6.45, 7) is 0.196. The monoisotopic (exact) mass is 568 g/mol. The molecule has 9 heteroatoms. The number of fused-ring (bicyclic) bond motifs is 3. The number of benzene rings is 2. The average Bonchev–Trinajstić information content (AvgIpc) is 3.53. The molecular formula is C33H36N4O5. The number of pyridine rings is 1. The molecule has 0 bridgehead atoms. The zero-order chi connectivity index (χ0) is 29.1. The topological polar surface area (TPSA) is 121 Å². The van der Waals surface area contributed by atoms with Gasteiger partial charge in [0.05, 0.1) is 12.1 Å². The van der Waals surface area contributed by atoms with Crippen LogP contribution >= 0.6 is 0 Å². The Bertz CT molecular complexity index is 1490. The Hall–Kier alpha value is -4.40. The van der Waals surface area contributed by atoms with Gasteiger partial charge in [-0.2, -0.15) is 0 Å². The van der Waals surface area contributed by atoms with Crippen LogP contribution < -0.4 is 15.4 Å². The fourth-order valence-electron chi connectivity index (χ4n) is 6.17. The lowest BCUT2D eigenvalue weighted by Crippen LogP contribution is -2.55. The number of carbonyl (C=O) groups excluding carboxylic acids is 2. The SMILES string of the molecule is O=C1N[C@]2(C(=O)O)C[C@H]2C=CCCCCC[C@H](Nc2ccccc2)C(=O)N2C[C@H](Oc3ccc4ccccc4n3)C[C@@H]12. The molecule has 3 heterocycles. The number of anilines is 1. The second kappa shape index (κ2) is 11.8. The second-order valence-electron chi connectivity index (χ2n) is 11.5. The van der Waals surface area contributed by atoms with E-state index in [1.54, 1.807) is 11.0 Å². The molecule has 6 rings (SSSR count). The number of nitrogens with one attached hydrogen (secondary N) is 2. The summed E-state index contributed by atoms with van der Waals surface area (Å²) in [5.74, 6) is -1.56. The van der Waals surface area contributed by atoms with E-state index in [4.69, 9.17) is 4.74 Å². The van der Waals surface area contributed by atoms with E-state index in [-0.39, 0.29) is 24.8 Å². The molecule has 2 amide bonds. The maximum atomic E-state index is 14.2. The predicted molar refractivity (Wildman–Crippen MR) is 159 cm³/mol. The van der Waals surface area contributed by atoms with E-state index in [0.717, 1.165) is 42.3 Å². The minimum absolute atomic E-state index is 0.193. The molecule has 0 unspecified atom stereocenters. The molecule has 2 aliphatic heterocycles. The smallest absolute Gasteiger partial charge is 0.330 e. The summed E-state index contributed by atoms with van der Waals surface area (Å²) in [5.41, 5.74) is 0.277. The summed E-state index contributed by atoms with van der Waals surface area (Å²) in [5, 5.41) is 17.3. The highest BCUT2D eigenvalue weighted by atomic mass is 16.5. The van der Waals surface area contributed by atoms with Gasteiger partial charge in [-0.3, -0.25) is 9.59 Å². The first-order chi connectivity index (χ1) is 20.4. The first kappa shape index (κ1) is 27.8. The molecule has 1 saturated carbocycles. The summed E-state index contributed by atoms with van der Waals surface area (Å²) in [7, 11) is 0. The van der Waals surface area contributed by atoms with Crippen LogP contribution in [0.1, 0.15) is 44.9 Å². The fraction of sp³-hybridized carbons (Fsp3) is 0.394. The van der Waals surface area contributed by atoms with E-state index < -0.39 is 35.6 Å². The number of amides is 2. The van der Waals surface area contributed by atoms with Crippen LogP contribution in [0.15, 0.2) is 78.9 Å². The maximum Gasteiger partial charge on any atom is 0.330 e. The van der Waals surface area contributed by atoms with Crippen molar-refractivity contribution in [1.82, 2.24) is 15.2 Å². The van der Waals surface area contributed by atoms with Crippen LogP contribution in [0.5, 0.6) is 5.88 Å². The first-order valence-corrected chi connectivity index (χ1v) is 14.8. The number of allylic oxidation sites excluding steroid dienone is 1. The van der Waals surface area contributed by atoms with Crippen molar-refractivity contribution < 1.29 is 24.2 Å². The number of hydrogen-bond acceptors (Lipinski definition) is 6. The van der Waals surface area contributed by atoms with Crippen molar-refractivity contribution in [1.29, 1.82) is 0 Å². The van der Waals surface area contributed by atoms with Crippen LogP contribution in [0, 0.1) is 5.92 Å². The van der Waals surface area contributed by atoms with Crippen molar-refractivity contribution in [2.75, 3.05) is 11.9 Å². The van der Waals surface area contributed by atoms with Crippen LogP contribution in [0.3, 0.4) is 0 Å². The lowest BCUT2D eigenvalue weighted by atomic mass is 10.0. The zero-order valence-electron chi connectivity index (χ0n) is 23.4. The molecule has 9 nitrogen and oxygen atoms in total. The highest BCUT2D eigenvalue weighted by molar-refractivity contribution is 5.96. The molecule has 3 N–H and O–H groups in total. The van der Waals surface area contributed by atoms with Gasteiger partial charge in [-0.1, -0.05) is 61.4 Å². The van der Waals surface area contributed by atoms with Crippen molar-refractivity contribution in [2.24, 2.45) is 5.92 Å². The van der Waals surface area contributed by atoms with E-state index in [9.17, 15) is 19.5 Å². The highest BCUT2D eigenvalue weighted by Gasteiger charge is 2.61. The molecule has 1 aliphatic carbocycles. The van der Waals surface area contributed by atoms with Gasteiger partial charge in [0.2, 0.25) is 17.7 Å². The largest absolute Gasteiger partial charge is 0.479 e. The maximum absolute atomic E-state index is 14.2. The third kappa shape index (κ3) is 5.82. The van der Waals surface area contributed by atoms with Crippen LogP contribution in [-0.2, 0) is 14.4 Å². The van der Waals surface area contributed by atoms with Gasteiger partial charge in [-0.25, -0.2) is 9.78 Å². The number of aromatic nitrogens is 1. The molecule has 5 atom stereocenters. The number of hydrogen-bond donors (Lipinski definition) is 3. The highest BCUT2D eigenvalue weighted by Crippen LogP contribution is 2.45. The summed E-state index contributed by atoms with van der Waals surface area (Å²) < 4.78 is 6.25. The van der Waals surface area contributed by atoms with Gasteiger partial charge in [-0.05, 0) is 49.9 Å². The van der Waals surface area contributed by atoms with Gasteiger partial charge in [0, 0.05) is 29.5 Å². The number of carboxylic acid groups (broad SMARTS) is 1. The third-order valence-electron chi connectivity index (χ3n) is 8.60. The Balaban J connectivity index is 1.28. The number of rotatable bonds is 5. The van der Waals surface area contributed by atoms with E-state index in [0.29, 0.717) is 18.7 Å². The van der Waals surface area contributed by atoms with E-state index in [1.807, 2.05) is 72.8 Å². The van der Waals surface area contributed by atoms with Crippen LogP contribution in [0.2, 0.25) is 0 Å². The lowest BCUT2D eigenvalue weighted by molar-refractivity contribution is -0.145. The molecule has 1 saturated heterocycles.